The monoisotopic (exact) mass is 324 g/mol. The number of carbonyl (C=O) groups excluding carboxylic acids is 1. The number of Topliss-reactive ketones (excluding diaryl/α,β-unsaturated/α-hetero) is 1. The Morgan fingerprint density at radius 2 is 1.68 bits per heavy atom. The summed E-state index contributed by atoms with van der Waals surface area (Å²) in [7, 11) is 2.89. The Morgan fingerprint density at radius 1 is 1.09 bits per heavy atom. The maximum Gasteiger partial charge on any atom is 0.184 e. The molecule has 0 heterocycles. The maximum absolute atomic E-state index is 12.7. The van der Waals surface area contributed by atoms with Crippen molar-refractivity contribution in [1.82, 2.24) is 0 Å². The molecule has 0 spiro atoms. The number of ketones is 1. The molecule has 122 valence electrons. The summed E-state index contributed by atoms with van der Waals surface area (Å²) in [5, 5.41) is 0. The Bertz CT molecular complexity index is 465. The van der Waals surface area contributed by atoms with Gasteiger partial charge in [0.2, 0.25) is 0 Å². The van der Waals surface area contributed by atoms with Gasteiger partial charge in [0.25, 0.3) is 0 Å². The summed E-state index contributed by atoms with van der Waals surface area (Å²) in [5.41, 5.74) is -0.152. The average molecular weight is 324 g/mol. The van der Waals surface area contributed by atoms with Crippen LogP contribution in [0.25, 0.3) is 0 Å². The van der Waals surface area contributed by atoms with Crippen molar-refractivity contribution in [3.8, 4) is 11.5 Å². The van der Waals surface area contributed by atoms with Gasteiger partial charge in [-0.1, -0.05) is 45.1 Å². The highest BCUT2D eigenvalue weighted by Crippen LogP contribution is 2.32. The van der Waals surface area contributed by atoms with Crippen LogP contribution in [0.3, 0.4) is 0 Å². The summed E-state index contributed by atoms with van der Waals surface area (Å²) in [6.45, 7) is 2.16. The Labute approximate surface area is 134 Å². The van der Waals surface area contributed by atoms with Crippen molar-refractivity contribution in [2.75, 3.05) is 14.2 Å². The van der Waals surface area contributed by atoms with Crippen LogP contribution in [0.2, 0.25) is 0 Å². The van der Waals surface area contributed by atoms with Gasteiger partial charge in [-0.15, -0.1) is 0 Å². The Kier molecular flexibility index (Phi) is 8.76. The highest BCUT2D eigenvalue weighted by atomic mass is 31.1. The molecule has 1 aromatic carbocycles. The second-order valence-electron chi connectivity index (χ2n) is 5.23. The Balaban J connectivity index is 2.81. The molecular formula is C17H25O4P. The molecule has 0 bridgehead atoms. The van der Waals surface area contributed by atoms with E-state index in [0.29, 0.717) is 23.5 Å². The highest BCUT2D eigenvalue weighted by molar-refractivity contribution is 7.26. The van der Waals surface area contributed by atoms with Crippen LogP contribution in [-0.4, -0.2) is 25.7 Å². The van der Waals surface area contributed by atoms with Crippen LogP contribution in [0.5, 0.6) is 11.5 Å². The predicted octanol–water partition coefficient (Wildman–Crippen LogP) is 4.91. The third-order valence-electron chi connectivity index (χ3n) is 3.69. The minimum absolute atomic E-state index is 0.142. The van der Waals surface area contributed by atoms with Gasteiger partial charge in [0.05, 0.1) is 14.2 Å². The van der Waals surface area contributed by atoms with Crippen molar-refractivity contribution < 1.29 is 18.8 Å². The number of unbranched alkanes of at least 4 members (excludes halogenated alkanes) is 4. The van der Waals surface area contributed by atoms with Gasteiger partial charge in [-0.2, -0.15) is 0 Å². The fourth-order valence-corrected chi connectivity index (χ4v) is 2.95. The second-order valence-corrected chi connectivity index (χ2v) is 6.06. The summed E-state index contributed by atoms with van der Waals surface area (Å²) < 4.78 is 21.9. The zero-order valence-electron chi connectivity index (χ0n) is 13.6. The molecule has 1 atom stereocenters. The minimum Gasteiger partial charge on any atom is -0.496 e. The molecule has 0 amide bonds. The van der Waals surface area contributed by atoms with Crippen LogP contribution in [0.4, 0.5) is 0 Å². The van der Waals surface area contributed by atoms with E-state index in [4.69, 9.17) is 9.47 Å². The maximum atomic E-state index is 12.7. The number of hydrogen-bond donors (Lipinski definition) is 0. The average Bonchev–Trinajstić information content (AvgIpc) is 2.56. The van der Waals surface area contributed by atoms with Gasteiger partial charge < -0.3 is 9.47 Å². The predicted molar refractivity (Wildman–Crippen MR) is 88.6 cm³/mol. The van der Waals surface area contributed by atoms with E-state index < -0.39 is 5.66 Å². The van der Waals surface area contributed by atoms with E-state index >= 15 is 0 Å². The first-order valence-electron chi connectivity index (χ1n) is 7.77. The van der Waals surface area contributed by atoms with Crippen molar-refractivity contribution in [2.45, 2.75) is 51.1 Å². The van der Waals surface area contributed by atoms with Gasteiger partial charge in [0, 0.05) is 0 Å². The van der Waals surface area contributed by atoms with Gasteiger partial charge >= 0.3 is 0 Å². The summed E-state index contributed by atoms with van der Waals surface area (Å²) in [5.74, 6) is 0.745. The molecule has 0 saturated heterocycles. The number of carbonyl (C=O) groups is 1. The molecular weight excluding hydrogens is 299 g/mol. The lowest BCUT2D eigenvalue weighted by atomic mass is 10.0. The van der Waals surface area contributed by atoms with Gasteiger partial charge in [0.15, 0.2) is 14.2 Å². The number of hydrogen-bond acceptors (Lipinski definition) is 4. The van der Waals surface area contributed by atoms with E-state index in [1.807, 2.05) is 0 Å². The molecule has 0 aliphatic carbocycles. The lowest BCUT2D eigenvalue weighted by Gasteiger charge is -2.14. The highest BCUT2D eigenvalue weighted by Gasteiger charge is 2.26. The largest absolute Gasteiger partial charge is 0.496 e. The number of methoxy groups -OCH3 is 2. The quantitative estimate of drug-likeness (QED) is 0.330. The first kappa shape index (κ1) is 18.6. The molecule has 0 aliphatic heterocycles. The standard InChI is InChI=1S/C17H25O4P/c1-4-5-6-7-8-12-15(22-19)17(18)16-13(20-2)10-9-11-14(16)21-3/h9-11,15H,4-8,12H2,1-3H3. The van der Waals surface area contributed by atoms with E-state index in [0.717, 1.165) is 19.3 Å². The minimum atomic E-state index is -0.535. The summed E-state index contributed by atoms with van der Waals surface area (Å²) in [6.07, 6.45) is 6.13. The topological polar surface area (TPSA) is 52.6 Å². The molecule has 0 aromatic heterocycles. The molecule has 1 rings (SSSR count). The number of rotatable bonds is 11. The SMILES string of the molecule is CCCCCCCC(P=O)C(=O)c1c(OC)cccc1OC. The van der Waals surface area contributed by atoms with E-state index in [-0.39, 0.29) is 14.2 Å². The third-order valence-corrected chi connectivity index (χ3v) is 4.43. The molecule has 5 heteroatoms. The van der Waals surface area contributed by atoms with Crippen molar-refractivity contribution >= 4 is 14.2 Å². The summed E-state index contributed by atoms with van der Waals surface area (Å²) in [6, 6.07) is 5.20. The Hall–Kier alpha value is -1.41. The van der Waals surface area contributed by atoms with Crippen molar-refractivity contribution in [1.29, 1.82) is 0 Å². The molecule has 1 aromatic rings. The van der Waals surface area contributed by atoms with Gasteiger partial charge in [-0.25, -0.2) is 0 Å². The first-order chi connectivity index (χ1) is 10.7. The van der Waals surface area contributed by atoms with Crippen LogP contribution >= 0.6 is 8.46 Å². The fraction of sp³-hybridized carbons (Fsp3) is 0.588. The van der Waals surface area contributed by atoms with Crippen LogP contribution in [0.1, 0.15) is 55.8 Å². The van der Waals surface area contributed by atoms with Gasteiger partial charge in [0.1, 0.15) is 22.7 Å². The summed E-state index contributed by atoms with van der Waals surface area (Å²) >= 11 is 0. The Morgan fingerprint density at radius 3 is 2.18 bits per heavy atom. The molecule has 22 heavy (non-hydrogen) atoms. The van der Waals surface area contributed by atoms with Crippen LogP contribution in [0, 0.1) is 0 Å². The fourth-order valence-electron chi connectivity index (χ4n) is 2.43. The van der Waals surface area contributed by atoms with Gasteiger partial charge in [-0.3, -0.25) is 9.36 Å². The van der Waals surface area contributed by atoms with Crippen molar-refractivity contribution in [3.05, 3.63) is 23.8 Å². The third kappa shape index (κ3) is 5.10. The van der Waals surface area contributed by atoms with Crippen molar-refractivity contribution in [2.24, 2.45) is 0 Å². The lowest BCUT2D eigenvalue weighted by molar-refractivity contribution is 0.0978. The molecule has 1 unspecified atom stereocenters. The van der Waals surface area contributed by atoms with E-state index in [1.165, 1.54) is 27.1 Å². The molecule has 4 nitrogen and oxygen atoms in total. The zero-order chi connectivity index (χ0) is 16.4. The molecule has 0 radical (unpaired) electrons. The first-order valence-corrected chi connectivity index (χ1v) is 8.65. The second kappa shape index (κ2) is 10.3. The van der Waals surface area contributed by atoms with Crippen LogP contribution in [0.15, 0.2) is 18.2 Å². The normalized spacial score (nSPS) is 12.1. The molecule has 0 aliphatic rings. The molecule has 0 saturated carbocycles. The zero-order valence-corrected chi connectivity index (χ0v) is 14.5. The number of benzene rings is 1. The smallest absolute Gasteiger partial charge is 0.184 e. The lowest BCUT2D eigenvalue weighted by Crippen LogP contribution is -2.17. The van der Waals surface area contributed by atoms with E-state index in [9.17, 15) is 9.36 Å². The molecule has 0 N–H and O–H groups in total. The van der Waals surface area contributed by atoms with Crippen LogP contribution in [-0.2, 0) is 4.57 Å². The van der Waals surface area contributed by atoms with E-state index in [1.54, 1.807) is 18.2 Å². The van der Waals surface area contributed by atoms with Crippen LogP contribution < -0.4 is 9.47 Å². The number of ether oxygens (including phenoxy) is 2. The van der Waals surface area contributed by atoms with E-state index in [2.05, 4.69) is 6.92 Å². The summed E-state index contributed by atoms with van der Waals surface area (Å²) in [4.78, 5) is 12.7. The molecule has 0 fully saturated rings. The van der Waals surface area contributed by atoms with Crippen molar-refractivity contribution in [3.63, 3.8) is 0 Å². The van der Waals surface area contributed by atoms with Gasteiger partial charge in [-0.05, 0) is 18.6 Å².